The standard InChI is InChI=1S/C12H16BrN3O/c1-14-5-2-6-16-8-12(17)15-10-4-3-9(13)7-11(10)16/h3-4,7,14H,2,5-6,8H2,1H3,(H,15,17). The molecule has 2 N–H and O–H groups in total. The fraction of sp³-hybridized carbons (Fsp3) is 0.417. The molecule has 0 fully saturated rings. The van der Waals surface area contributed by atoms with Crippen LogP contribution in [-0.2, 0) is 4.79 Å². The highest BCUT2D eigenvalue weighted by atomic mass is 79.9. The molecule has 1 aromatic rings. The smallest absolute Gasteiger partial charge is 0.243 e. The largest absolute Gasteiger partial charge is 0.360 e. The number of fused-ring (bicyclic) bond motifs is 1. The number of carbonyl (C=O) groups excluding carboxylic acids is 1. The number of rotatable bonds is 4. The van der Waals surface area contributed by atoms with Crippen molar-refractivity contribution in [1.29, 1.82) is 0 Å². The summed E-state index contributed by atoms with van der Waals surface area (Å²) in [5.74, 6) is 0.0595. The molecule has 0 saturated carbocycles. The maximum atomic E-state index is 11.6. The molecule has 0 spiro atoms. The number of carbonyl (C=O) groups is 1. The minimum absolute atomic E-state index is 0.0595. The first-order chi connectivity index (χ1) is 8.20. The first-order valence-electron chi connectivity index (χ1n) is 5.69. The van der Waals surface area contributed by atoms with Crippen LogP contribution in [0, 0.1) is 0 Å². The Balaban J connectivity index is 2.17. The Hall–Kier alpha value is -1.07. The second-order valence-corrected chi connectivity index (χ2v) is 5.00. The molecule has 1 aliphatic heterocycles. The lowest BCUT2D eigenvalue weighted by Crippen LogP contribution is -2.39. The molecular formula is C12H16BrN3O. The summed E-state index contributed by atoms with van der Waals surface area (Å²) in [5, 5.41) is 6.01. The highest BCUT2D eigenvalue weighted by Crippen LogP contribution is 2.32. The van der Waals surface area contributed by atoms with E-state index in [1.807, 2.05) is 25.2 Å². The van der Waals surface area contributed by atoms with Crippen LogP contribution in [-0.4, -0.2) is 32.6 Å². The quantitative estimate of drug-likeness (QED) is 0.833. The molecule has 1 heterocycles. The summed E-state index contributed by atoms with van der Waals surface area (Å²) in [6, 6.07) is 5.92. The van der Waals surface area contributed by atoms with Gasteiger partial charge in [-0.3, -0.25) is 4.79 Å². The molecule has 17 heavy (non-hydrogen) atoms. The molecule has 4 nitrogen and oxygen atoms in total. The van der Waals surface area contributed by atoms with Crippen LogP contribution in [0.15, 0.2) is 22.7 Å². The minimum atomic E-state index is 0.0595. The molecule has 1 aromatic carbocycles. The highest BCUT2D eigenvalue weighted by Gasteiger charge is 2.21. The lowest BCUT2D eigenvalue weighted by molar-refractivity contribution is -0.115. The van der Waals surface area contributed by atoms with Gasteiger partial charge in [0.2, 0.25) is 5.91 Å². The van der Waals surface area contributed by atoms with Crippen LogP contribution in [0.4, 0.5) is 11.4 Å². The zero-order chi connectivity index (χ0) is 12.3. The Morgan fingerprint density at radius 1 is 1.53 bits per heavy atom. The number of nitrogens with zero attached hydrogens (tertiary/aromatic N) is 1. The van der Waals surface area contributed by atoms with Crippen LogP contribution < -0.4 is 15.5 Å². The molecule has 1 amide bonds. The van der Waals surface area contributed by atoms with Crippen LogP contribution in [0.2, 0.25) is 0 Å². The Morgan fingerprint density at radius 3 is 3.12 bits per heavy atom. The maximum absolute atomic E-state index is 11.6. The van der Waals surface area contributed by atoms with Crippen LogP contribution in [0.5, 0.6) is 0 Å². The summed E-state index contributed by atoms with van der Waals surface area (Å²) in [5.41, 5.74) is 1.99. The van der Waals surface area contributed by atoms with Crippen molar-refractivity contribution >= 4 is 33.2 Å². The van der Waals surface area contributed by atoms with E-state index in [-0.39, 0.29) is 5.91 Å². The third-order valence-electron chi connectivity index (χ3n) is 2.76. The van der Waals surface area contributed by atoms with Gasteiger partial charge in [0.1, 0.15) is 0 Å². The maximum Gasteiger partial charge on any atom is 0.243 e. The van der Waals surface area contributed by atoms with Gasteiger partial charge in [-0.15, -0.1) is 0 Å². The normalized spacial score (nSPS) is 14.5. The summed E-state index contributed by atoms with van der Waals surface area (Å²) in [7, 11) is 1.94. The van der Waals surface area contributed by atoms with Crippen LogP contribution in [0.3, 0.4) is 0 Å². The lowest BCUT2D eigenvalue weighted by Gasteiger charge is -2.31. The van der Waals surface area contributed by atoms with Crippen molar-refractivity contribution in [3.8, 4) is 0 Å². The number of hydrogen-bond donors (Lipinski definition) is 2. The van der Waals surface area contributed by atoms with Crippen molar-refractivity contribution in [3.05, 3.63) is 22.7 Å². The third-order valence-corrected chi connectivity index (χ3v) is 3.26. The van der Waals surface area contributed by atoms with Gasteiger partial charge in [-0.25, -0.2) is 0 Å². The second-order valence-electron chi connectivity index (χ2n) is 4.09. The SMILES string of the molecule is CNCCCN1CC(=O)Nc2ccc(Br)cc21. The molecular weight excluding hydrogens is 282 g/mol. The van der Waals surface area contributed by atoms with E-state index in [1.54, 1.807) is 0 Å². The average Bonchev–Trinajstić information content (AvgIpc) is 2.30. The van der Waals surface area contributed by atoms with Crippen molar-refractivity contribution in [1.82, 2.24) is 5.32 Å². The Morgan fingerprint density at radius 2 is 2.35 bits per heavy atom. The predicted octanol–water partition coefficient (Wildman–Crippen LogP) is 1.82. The van der Waals surface area contributed by atoms with Crippen molar-refractivity contribution < 1.29 is 4.79 Å². The highest BCUT2D eigenvalue weighted by molar-refractivity contribution is 9.10. The van der Waals surface area contributed by atoms with E-state index in [2.05, 4.69) is 31.5 Å². The lowest BCUT2D eigenvalue weighted by atomic mass is 10.2. The molecule has 0 saturated heterocycles. The van der Waals surface area contributed by atoms with Gasteiger partial charge in [-0.1, -0.05) is 15.9 Å². The van der Waals surface area contributed by atoms with Crippen molar-refractivity contribution in [2.45, 2.75) is 6.42 Å². The van der Waals surface area contributed by atoms with Gasteiger partial charge >= 0.3 is 0 Å². The number of amides is 1. The molecule has 0 radical (unpaired) electrons. The van der Waals surface area contributed by atoms with Crippen LogP contribution in [0.1, 0.15) is 6.42 Å². The van der Waals surface area contributed by atoms with E-state index >= 15 is 0 Å². The van der Waals surface area contributed by atoms with Gasteiger partial charge in [0.05, 0.1) is 17.9 Å². The van der Waals surface area contributed by atoms with E-state index in [1.165, 1.54) is 0 Å². The van der Waals surface area contributed by atoms with E-state index in [0.717, 1.165) is 35.4 Å². The van der Waals surface area contributed by atoms with Gasteiger partial charge in [0.15, 0.2) is 0 Å². The summed E-state index contributed by atoms with van der Waals surface area (Å²) < 4.78 is 1.03. The molecule has 0 aliphatic carbocycles. The van der Waals surface area contributed by atoms with Crippen molar-refractivity contribution in [2.24, 2.45) is 0 Å². The number of hydrogen-bond acceptors (Lipinski definition) is 3. The molecule has 0 atom stereocenters. The predicted molar refractivity (Wildman–Crippen MR) is 73.5 cm³/mol. The molecule has 1 aliphatic rings. The molecule has 0 bridgehead atoms. The van der Waals surface area contributed by atoms with Crippen LogP contribution in [0.25, 0.3) is 0 Å². The second kappa shape index (κ2) is 5.51. The Kier molecular flexibility index (Phi) is 4.02. The first-order valence-corrected chi connectivity index (χ1v) is 6.49. The van der Waals surface area contributed by atoms with Gasteiger partial charge in [-0.2, -0.15) is 0 Å². The van der Waals surface area contributed by atoms with E-state index in [0.29, 0.717) is 6.54 Å². The molecule has 92 valence electrons. The first kappa shape index (κ1) is 12.4. The van der Waals surface area contributed by atoms with Crippen LogP contribution >= 0.6 is 15.9 Å². The third kappa shape index (κ3) is 2.98. The number of anilines is 2. The summed E-state index contributed by atoms with van der Waals surface area (Å²) in [4.78, 5) is 13.7. The zero-order valence-electron chi connectivity index (χ0n) is 9.79. The van der Waals surface area contributed by atoms with Crippen molar-refractivity contribution in [3.63, 3.8) is 0 Å². The van der Waals surface area contributed by atoms with Gasteiger partial charge < -0.3 is 15.5 Å². The number of benzene rings is 1. The number of nitrogens with one attached hydrogen (secondary N) is 2. The van der Waals surface area contributed by atoms with E-state index in [4.69, 9.17) is 0 Å². The van der Waals surface area contributed by atoms with Gasteiger partial charge in [0, 0.05) is 11.0 Å². The zero-order valence-corrected chi connectivity index (χ0v) is 11.4. The van der Waals surface area contributed by atoms with Gasteiger partial charge in [-0.05, 0) is 38.2 Å². The Labute approximate surface area is 110 Å². The average molecular weight is 298 g/mol. The molecule has 5 heteroatoms. The number of halogens is 1. The molecule has 0 unspecified atom stereocenters. The van der Waals surface area contributed by atoms with E-state index in [9.17, 15) is 4.79 Å². The Bertz CT molecular complexity index is 422. The van der Waals surface area contributed by atoms with E-state index < -0.39 is 0 Å². The summed E-state index contributed by atoms with van der Waals surface area (Å²) >= 11 is 3.46. The fourth-order valence-corrected chi connectivity index (χ4v) is 2.32. The molecule has 2 rings (SSSR count). The van der Waals surface area contributed by atoms with Gasteiger partial charge in [0.25, 0.3) is 0 Å². The fourth-order valence-electron chi connectivity index (χ4n) is 1.97. The topological polar surface area (TPSA) is 44.4 Å². The minimum Gasteiger partial charge on any atom is -0.360 e. The molecule has 0 aromatic heterocycles. The summed E-state index contributed by atoms with van der Waals surface area (Å²) in [6.45, 7) is 2.28. The van der Waals surface area contributed by atoms with Crippen molar-refractivity contribution in [2.75, 3.05) is 36.9 Å². The monoisotopic (exact) mass is 297 g/mol. The summed E-state index contributed by atoms with van der Waals surface area (Å²) in [6.07, 6.45) is 1.02.